The summed E-state index contributed by atoms with van der Waals surface area (Å²) in [6, 6.07) is 7.78. The summed E-state index contributed by atoms with van der Waals surface area (Å²) in [7, 11) is 0. The number of nitrogens with zero attached hydrogens (tertiary/aromatic N) is 6. The van der Waals surface area contributed by atoms with E-state index in [2.05, 4.69) is 20.5 Å². The molecular weight excluding hydrogens is 332 g/mol. The number of hydrogen-bond acceptors (Lipinski definition) is 6. The van der Waals surface area contributed by atoms with Gasteiger partial charge in [0.05, 0.1) is 12.2 Å². The number of aryl methyl sites for hydroxylation is 2. The molecule has 8 heteroatoms. The molecule has 1 fully saturated rings. The molecule has 1 amide bonds. The van der Waals surface area contributed by atoms with E-state index >= 15 is 0 Å². The molecule has 0 saturated carbocycles. The Kier molecular flexibility index (Phi) is 4.24. The molecule has 0 N–H and O–H groups in total. The summed E-state index contributed by atoms with van der Waals surface area (Å²) in [5.41, 5.74) is 2.44. The van der Waals surface area contributed by atoms with Gasteiger partial charge in [0.2, 0.25) is 11.7 Å². The van der Waals surface area contributed by atoms with E-state index < -0.39 is 0 Å². The maximum absolute atomic E-state index is 12.8. The predicted octanol–water partition coefficient (Wildman–Crippen LogP) is 2.42. The third-order valence-electron chi connectivity index (χ3n) is 4.62. The van der Waals surface area contributed by atoms with Crippen LogP contribution in [0, 0.1) is 13.8 Å². The second kappa shape index (κ2) is 6.70. The Bertz CT molecular complexity index is 914. The minimum absolute atomic E-state index is 0.0591. The molecule has 4 rings (SSSR count). The lowest BCUT2D eigenvalue weighted by atomic mass is 10.0. The van der Waals surface area contributed by atoms with Gasteiger partial charge in [0.25, 0.3) is 5.91 Å². The molecule has 0 spiro atoms. The van der Waals surface area contributed by atoms with Gasteiger partial charge >= 0.3 is 0 Å². The number of carbonyl (C=O) groups excluding carboxylic acids is 1. The highest BCUT2D eigenvalue weighted by atomic mass is 16.5. The Balaban J connectivity index is 1.49. The van der Waals surface area contributed by atoms with Crippen molar-refractivity contribution in [3.8, 4) is 11.5 Å². The molecule has 2 aromatic heterocycles. The minimum Gasteiger partial charge on any atom is -0.339 e. The lowest BCUT2D eigenvalue weighted by Crippen LogP contribution is -2.40. The number of piperidine rings is 1. The van der Waals surface area contributed by atoms with Gasteiger partial charge in [-0.3, -0.25) is 4.79 Å². The fraction of sp³-hybridized carbons (Fsp3) is 0.389. The quantitative estimate of drug-likeness (QED) is 0.719. The van der Waals surface area contributed by atoms with Gasteiger partial charge in [-0.25, -0.2) is 4.68 Å². The molecular formula is C18H20N6O2. The van der Waals surface area contributed by atoms with Crippen molar-refractivity contribution in [3.05, 3.63) is 47.5 Å². The van der Waals surface area contributed by atoms with Crippen LogP contribution >= 0.6 is 0 Å². The largest absolute Gasteiger partial charge is 0.339 e. The molecule has 134 valence electrons. The molecule has 1 aliphatic heterocycles. The first-order valence-corrected chi connectivity index (χ1v) is 8.68. The number of hydrogen-bond donors (Lipinski definition) is 0. The molecule has 0 radical (unpaired) electrons. The van der Waals surface area contributed by atoms with Crippen LogP contribution in [0.15, 0.2) is 35.0 Å². The fourth-order valence-electron chi connectivity index (χ4n) is 3.19. The van der Waals surface area contributed by atoms with E-state index in [9.17, 15) is 4.79 Å². The van der Waals surface area contributed by atoms with Crippen LogP contribution in [0.1, 0.15) is 40.7 Å². The van der Waals surface area contributed by atoms with Crippen LogP contribution < -0.4 is 0 Å². The van der Waals surface area contributed by atoms with E-state index in [0.717, 1.165) is 30.5 Å². The van der Waals surface area contributed by atoms with E-state index in [-0.39, 0.29) is 11.9 Å². The highest BCUT2D eigenvalue weighted by Crippen LogP contribution is 2.24. The maximum Gasteiger partial charge on any atom is 0.253 e. The van der Waals surface area contributed by atoms with Gasteiger partial charge in [-0.2, -0.15) is 4.98 Å². The Labute approximate surface area is 150 Å². The average molecular weight is 352 g/mol. The number of likely N-dealkylation sites (tertiary alicyclic amines) is 1. The lowest BCUT2D eigenvalue weighted by Gasteiger charge is -2.32. The standard InChI is InChI=1S/C18H20N6O2/c1-12-5-7-14(8-6-12)18(25)23-9-3-4-15(10-23)24-11-16(20-22-24)17-19-13(2)26-21-17/h5-8,11,15H,3-4,9-10H2,1-2H3. The number of amides is 1. The Morgan fingerprint density at radius 1 is 1.23 bits per heavy atom. The van der Waals surface area contributed by atoms with Crippen molar-refractivity contribution in [2.24, 2.45) is 0 Å². The zero-order chi connectivity index (χ0) is 18.1. The minimum atomic E-state index is 0.0591. The molecule has 26 heavy (non-hydrogen) atoms. The second-order valence-electron chi connectivity index (χ2n) is 6.63. The predicted molar refractivity (Wildman–Crippen MR) is 93.4 cm³/mol. The molecule has 1 unspecified atom stereocenters. The van der Waals surface area contributed by atoms with Crippen molar-refractivity contribution in [2.45, 2.75) is 32.7 Å². The first-order chi connectivity index (χ1) is 12.6. The monoisotopic (exact) mass is 352 g/mol. The zero-order valence-corrected chi connectivity index (χ0v) is 14.8. The summed E-state index contributed by atoms with van der Waals surface area (Å²) in [5.74, 6) is 0.975. The molecule has 1 atom stereocenters. The number of aromatic nitrogens is 5. The van der Waals surface area contributed by atoms with Crippen LogP contribution in [0.2, 0.25) is 0 Å². The van der Waals surface area contributed by atoms with Crippen molar-refractivity contribution >= 4 is 5.91 Å². The summed E-state index contributed by atoms with van der Waals surface area (Å²) >= 11 is 0. The summed E-state index contributed by atoms with van der Waals surface area (Å²) in [6.07, 6.45) is 3.69. The van der Waals surface area contributed by atoms with Gasteiger partial charge in [0.15, 0.2) is 5.69 Å². The van der Waals surface area contributed by atoms with Crippen molar-refractivity contribution in [1.82, 2.24) is 30.0 Å². The van der Waals surface area contributed by atoms with E-state index in [1.165, 1.54) is 0 Å². The smallest absolute Gasteiger partial charge is 0.253 e. The number of rotatable bonds is 3. The van der Waals surface area contributed by atoms with Crippen molar-refractivity contribution in [3.63, 3.8) is 0 Å². The van der Waals surface area contributed by atoms with E-state index in [0.29, 0.717) is 24.0 Å². The Morgan fingerprint density at radius 3 is 2.77 bits per heavy atom. The molecule has 1 aromatic carbocycles. The first kappa shape index (κ1) is 16.4. The van der Waals surface area contributed by atoms with Crippen LogP contribution in [0.4, 0.5) is 0 Å². The fourth-order valence-corrected chi connectivity index (χ4v) is 3.19. The topological polar surface area (TPSA) is 89.9 Å². The van der Waals surface area contributed by atoms with Crippen molar-refractivity contribution < 1.29 is 9.32 Å². The summed E-state index contributed by atoms with van der Waals surface area (Å²) in [5, 5.41) is 12.2. The van der Waals surface area contributed by atoms with Gasteiger partial charge < -0.3 is 9.42 Å². The van der Waals surface area contributed by atoms with Crippen molar-refractivity contribution in [1.29, 1.82) is 0 Å². The molecule has 3 heterocycles. The van der Waals surface area contributed by atoms with Crippen LogP contribution in [-0.4, -0.2) is 49.0 Å². The Hall–Kier alpha value is -3.03. The van der Waals surface area contributed by atoms with Gasteiger partial charge in [-0.1, -0.05) is 28.1 Å². The van der Waals surface area contributed by atoms with Gasteiger partial charge in [0.1, 0.15) is 0 Å². The molecule has 1 saturated heterocycles. The van der Waals surface area contributed by atoms with E-state index in [4.69, 9.17) is 4.52 Å². The zero-order valence-electron chi connectivity index (χ0n) is 14.8. The average Bonchev–Trinajstić information content (AvgIpc) is 3.31. The molecule has 8 nitrogen and oxygen atoms in total. The van der Waals surface area contributed by atoms with E-state index in [1.54, 1.807) is 11.6 Å². The summed E-state index contributed by atoms with van der Waals surface area (Å²) < 4.78 is 6.79. The van der Waals surface area contributed by atoms with Crippen LogP contribution in [0.3, 0.4) is 0 Å². The molecule has 1 aliphatic rings. The first-order valence-electron chi connectivity index (χ1n) is 8.68. The maximum atomic E-state index is 12.8. The van der Waals surface area contributed by atoms with E-state index in [1.807, 2.05) is 42.3 Å². The van der Waals surface area contributed by atoms with Gasteiger partial charge in [0, 0.05) is 25.6 Å². The molecule has 0 aliphatic carbocycles. The highest BCUT2D eigenvalue weighted by molar-refractivity contribution is 5.94. The van der Waals surface area contributed by atoms with Crippen LogP contribution in [-0.2, 0) is 0 Å². The Morgan fingerprint density at radius 2 is 2.04 bits per heavy atom. The third-order valence-corrected chi connectivity index (χ3v) is 4.62. The highest BCUT2D eigenvalue weighted by Gasteiger charge is 2.26. The summed E-state index contributed by atoms with van der Waals surface area (Å²) in [6.45, 7) is 5.12. The lowest BCUT2D eigenvalue weighted by molar-refractivity contribution is 0.0672. The SMILES string of the molecule is Cc1ccc(C(=O)N2CCCC(n3cc(-c4noc(C)n4)nn3)C2)cc1. The van der Waals surface area contributed by atoms with Crippen LogP contribution in [0.25, 0.3) is 11.5 Å². The third kappa shape index (κ3) is 3.22. The van der Waals surface area contributed by atoms with Gasteiger partial charge in [-0.05, 0) is 31.9 Å². The normalized spacial score (nSPS) is 17.5. The van der Waals surface area contributed by atoms with Gasteiger partial charge in [-0.15, -0.1) is 5.10 Å². The second-order valence-corrected chi connectivity index (χ2v) is 6.63. The molecule has 3 aromatic rings. The van der Waals surface area contributed by atoms with Crippen molar-refractivity contribution in [2.75, 3.05) is 13.1 Å². The summed E-state index contributed by atoms with van der Waals surface area (Å²) in [4.78, 5) is 18.8. The number of carbonyl (C=O) groups is 1. The number of benzene rings is 1. The molecule has 0 bridgehead atoms. The van der Waals surface area contributed by atoms with Crippen LogP contribution in [0.5, 0.6) is 0 Å².